The Kier molecular flexibility index (Phi) is 6.87. The smallest absolute Gasteiger partial charge is 0.338 e. The number of carbonyl (C=O) groups is 2. The van der Waals surface area contributed by atoms with Crippen molar-refractivity contribution in [2.24, 2.45) is 0 Å². The summed E-state index contributed by atoms with van der Waals surface area (Å²) in [6, 6.07) is 3.03. The Bertz CT molecular complexity index is 561. The van der Waals surface area contributed by atoms with Crippen molar-refractivity contribution in [1.29, 1.82) is 0 Å². The summed E-state index contributed by atoms with van der Waals surface area (Å²) in [5.41, 5.74) is -0.0995. The van der Waals surface area contributed by atoms with Crippen LogP contribution < -0.4 is 14.8 Å². The minimum absolute atomic E-state index is 0.240. The number of nitrogens with one attached hydrogen (secondary N) is 1. The van der Waals surface area contributed by atoms with Gasteiger partial charge in [-0.05, 0) is 48.3 Å². The Morgan fingerprint density at radius 2 is 1.70 bits per heavy atom. The third-order valence-corrected chi connectivity index (χ3v) is 4.16. The molecule has 1 aromatic carbocycles. The zero-order valence-corrected chi connectivity index (χ0v) is 15.6. The predicted octanol–water partition coefficient (Wildman–Crippen LogP) is 2.93. The van der Waals surface area contributed by atoms with Crippen LogP contribution in [0.4, 0.5) is 0 Å². The van der Waals surface area contributed by atoms with E-state index in [9.17, 15) is 9.59 Å². The molecule has 23 heavy (non-hydrogen) atoms. The van der Waals surface area contributed by atoms with E-state index in [2.05, 4.69) is 21.2 Å². The van der Waals surface area contributed by atoms with Gasteiger partial charge in [0.25, 0.3) is 5.91 Å². The summed E-state index contributed by atoms with van der Waals surface area (Å²) in [6.45, 7) is 5.42. The molecule has 7 heteroatoms. The molecule has 0 aliphatic rings. The fourth-order valence-electron chi connectivity index (χ4n) is 1.70. The zero-order valence-electron chi connectivity index (χ0n) is 14.0. The number of rotatable bonds is 7. The number of hydrogen-bond acceptors (Lipinski definition) is 5. The molecular formula is C16H22BrNO5. The number of ether oxygens (including phenoxy) is 3. The Morgan fingerprint density at radius 1 is 1.17 bits per heavy atom. The number of amides is 1. The number of halogens is 1. The molecule has 6 nitrogen and oxygen atoms in total. The van der Waals surface area contributed by atoms with Crippen molar-refractivity contribution in [1.82, 2.24) is 5.32 Å². The Morgan fingerprint density at radius 3 is 2.13 bits per heavy atom. The van der Waals surface area contributed by atoms with Crippen molar-refractivity contribution in [3.05, 3.63) is 22.2 Å². The van der Waals surface area contributed by atoms with Crippen LogP contribution in [0.5, 0.6) is 11.5 Å². The summed E-state index contributed by atoms with van der Waals surface area (Å²) in [5, 5.41) is 2.79. The molecular weight excluding hydrogens is 366 g/mol. The van der Waals surface area contributed by atoms with E-state index >= 15 is 0 Å². The van der Waals surface area contributed by atoms with Crippen LogP contribution in [0.2, 0.25) is 0 Å². The van der Waals surface area contributed by atoms with Crippen molar-refractivity contribution < 1.29 is 23.8 Å². The normalized spacial score (nSPS) is 10.9. The molecule has 0 aromatic heterocycles. The van der Waals surface area contributed by atoms with Crippen LogP contribution in [-0.2, 0) is 9.53 Å². The van der Waals surface area contributed by atoms with Gasteiger partial charge in [0, 0.05) is 5.54 Å². The maximum atomic E-state index is 12.1. The molecule has 0 saturated heterocycles. The van der Waals surface area contributed by atoms with Crippen molar-refractivity contribution >= 4 is 27.8 Å². The molecule has 0 unspecified atom stereocenters. The molecule has 0 atom stereocenters. The molecule has 1 aromatic rings. The molecule has 1 N–H and O–H groups in total. The quantitative estimate of drug-likeness (QED) is 0.728. The van der Waals surface area contributed by atoms with Gasteiger partial charge in [-0.15, -0.1) is 0 Å². The van der Waals surface area contributed by atoms with E-state index in [0.29, 0.717) is 16.0 Å². The predicted molar refractivity (Wildman–Crippen MR) is 90.0 cm³/mol. The molecule has 0 radical (unpaired) electrons. The van der Waals surface area contributed by atoms with Gasteiger partial charge in [-0.25, -0.2) is 4.79 Å². The molecule has 128 valence electrons. The summed E-state index contributed by atoms with van der Waals surface area (Å²) < 4.78 is 16.0. The lowest BCUT2D eigenvalue weighted by Gasteiger charge is -2.24. The van der Waals surface area contributed by atoms with Gasteiger partial charge in [-0.2, -0.15) is 0 Å². The molecule has 0 saturated carbocycles. The van der Waals surface area contributed by atoms with E-state index in [4.69, 9.17) is 14.2 Å². The fraction of sp³-hybridized carbons (Fsp3) is 0.500. The molecule has 0 heterocycles. The van der Waals surface area contributed by atoms with Crippen molar-refractivity contribution in [3.8, 4) is 11.5 Å². The highest BCUT2D eigenvalue weighted by molar-refractivity contribution is 9.10. The first-order valence-electron chi connectivity index (χ1n) is 7.13. The molecule has 0 aliphatic heterocycles. The number of benzene rings is 1. The SMILES string of the molecule is CCC(C)(C)NC(=O)COC(=O)c1cc(OC)c(Br)c(OC)c1. The monoisotopic (exact) mass is 387 g/mol. The summed E-state index contributed by atoms with van der Waals surface area (Å²) in [4.78, 5) is 23.9. The highest BCUT2D eigenvalue weighted by atomic mass is 79.9. The van der Waals surface area contributed by atoms with E-state index in [1.165, 1.54) is 26.4 Å². The maximum Gasteiger partial charge on any atom is 0.338 e. The molecule has 0 spiro atoms. The van der Waals surface area contributed by atoms with Crippen LogP contribution in [0.1, 0.15) is 37.6 Å². The van der Waals surface area contributed by atoms with Gasteiger partial charge in [-0.3, -0.25) is 4.79 Å². The van der Waals surface area contributed by atoms with Gasteiger partial charge in [0.1, 0.15) is 16.0 Å². The minimum atomic E-state index is -0.626. The molecule has 1 amide bonds. The van der Waals surface area contributed by atoms with Crippen LogP contribution >= 0.6 is 15.9 Å². The second-order valence-corrected chi connectivity index (χ2v) is 6.35. The van der Waals surface area contributed by atoms with Crippen molar-refractivity contribution in [2.45, 2.75) is 32.7 Å². The number of carbonyl (C=O) groups excluding carboxylic acids is 2. The van der Waals surface area contributed by atoms with Gasteiger partial charge >= 0.3 is 5.97 Å². The van der Waals surface area contributed by atoms with E-state index in [1.807, 2.05) is 20.8 Å². The number of esters is 1. The summed E-state index contributed by atoms with van der Waals surface area (Å²) in [6.07, 6.45) is 0.772. The van der Waals surface area contributed by atoms with Crippen molar-refractivity contribution in [3.63, 3.8) is 0 Å². The van der Waals surface area contributed by atoms with Crippen LogP contribution in [0.3, 0.4) is 0 Å². The van der Waals surface area contributed by atoms with Crippen LogP contribution in [0.25, 0.3) is 0 Å². The standard InChI is InChI=1S/C16H22BrNO5/c1-6-16(2,3)18-13(19)9-23-15(20)10-7-11(21-4)14(17)12(8-10)22-5/h7-8H,6,9H2,1-5H3,(H,18,19). The van der Waals surface area contributed by atoms with Crippen LogP contribution in [-0.4, -0.2) is 38.2 Å². The fourth-order valence-corrected chi connectivity index (χ4v) is 2.26. The molecule has 0 bridgehead atoms. The Labute approximate surface area is 144 Å². The topological polar surface area (TPSA) is 73.9 Å². The lowest BCUT2D eigenvalue weighted by atomic mass is 10.0. The summed E-state index contributed by atoms with van der Waals surface area (Å²) >= 11 is 3.32. The van der Waals surface area contributed by atoms with Crippen molar-refractivity contribution in [2.75, 3.05) is 20.8 Å². The van der Waals surface area contributed by atoms with Gasteiger partial charge in [0.2, 0.25) is 0 Å². The average molecular weight is 388 g/mol. The van der Waals surface area contributed by atoms with E-state index < -0.39 is 5.97 Å². The molecule has 0 fully saturated rings. The van der Waals surface area contributed by atoms with Crippen LogP contribution in [0, 0.1) is 0 Å². The second-order valence-electron chi connectivity index (χ2n) is 5.56. The maximum absolute atomic E-state index is 12.1. The number of methoxy groups -OCH3 is 2. The lowest BCUT2D eigenvalue weighted by molar-refractivity contribution is -0.125. The largest absolute Gasteiger partial charge is 0.495 e. The van der Waals surface area contributed by atoms with Gasteiger partial charge in [-0.1, -0.05) is 6.92 Å². The van der Waals surface area contributed by atoms with E-state index in [-0.39, 0.29) is 23.6 Å². The molecule has 0 aliphatic carbocycles. The first-order chi connectivity index (χ1) is 10.7. The minimum Gasteiger partial charge on any atom is -0.495 e. The third kappa shape index (κ3) is 5.42. The zero-order chi connectivity index (χ0) is 17.6. The highest BCUT2D eigenvalue weighted by Gasteiger charge is 2.20. The first kappa shape index (κ1) is 19.3. The van der Waals surface area contributed by atoms with Gasteiger partial charge in [0.15, 0.2) is 6.61 Å². The van der Waals surface area contributed by atoms with Gasteiger partial charge < -0.3 is 19.5 Å². The molecule has 1 rings (SSSR count). The van der Waals surface area contributed by atoms with Crippen LogP contribution in [0.15, 0.2) is 16.6 Å². The van der Waals surface area contributed by atoms with E-state index in [0.717, 1.165) is 6.42 Å². The first-order valence-corrected chi connectivity index (χ1v) is 7.93. The average Bonchev–Trinajstić information content (AvgIpc) is 2.52. The Balaban J connectivity index is 2.77. The second kappa shape index (κ2) is 8.19. The number of hydrogen-bond donors (Lipinski definition) is 1. The van der Waals surface area contributed by atoms with Gasteiger partial charge in [0.05, 0.1) is 19.8 Å². The summed E-state index contributed by atoms with van der Waals surface area (Å²) in [5.74, 6) is -0.0967. The highest BCUT2D eigenvalue weighted by Crippen LogP contribution is 2.35. The summed E-state index contributed by atoms with van der Waals surface area (Å²) in [7, 11) is 2.96. The third-order valence-electron chi connectivity index (χ3n) is 3.38. The van der Waals surface area contributed by atoms with E-state index in [1.54, 1.807) is 0 Å². The Hall–Kier alpha value is -1.76. The lowest BCUT2D eigenvalue weighted by Crippen LogP contribution is -2.44.